The van der Waals surface area contributed by atoms with Gasteiger partial charge in [0.1, 0.15) is 17.7 Å². The van der Waals surface area contributed by atoms with Crippen molar-refractivity contribution in [3.8, 4) is 0 Å². The van der Waals surface area contributed by atoms with Crippen molar-refractivity contribution < 1.29 is 9.53 Å². The molecule has 0 aliphatic heterocycles. The number of anilines is 2. The van der Waals surface area contributed by atoms with Gasteiger partial charge in [-0.25, -0.2) is 14.8 Å². The Balaban J connectivity index is 2.35. The van der Waals surface area contributed by atoms with Crippen LogP contribution < -0.4 is 5.32 Å². The summed E-state index contributed by atoms with van der Waals surface area (Å²) in [7, 11) is 1.30. The van der Waals surface area contributed by atoms with Crippen molar-refractivity contribution in [1.29, 1.82) is 0 Å². The van der Waals surface area contributed by atoms with Crippen molar-refractivity contribution >= 4 is 45.0 Å². The van der Waals surface area contributed by atoms with Gasteiger partial charge in [0.2, 0.25) is 0 Å². The Morgan fingerprint density at radius 2 is 2.26 bits per heavy atom. The number of hydrogen-bond acceptors (Lipinski definition) is 5. The van der Waals surface area contributed by atoms with Crippen molar-refractivity contribution in [3.63, 3.8) is 0 Å². The normalized spacial score (nSPS) is 10.1. The number of carbonyl (C=O) groups is 1. The van der Waals surface area contributed by atoms with Crippen LogP contribution in [-0.2, 0) is 4.74 Å². The zero-order valence-electron chi connectivity index (χ0n) is 9.85. The number of carbonyl (C=O) groups excluding carboxylic acids is 1. The molecule has 1 aromatic heterocycles. The molecule has 0 atom stereocenters. The molecule has 0 unspecified atom stereocenters. The number of rotatable bonds is 3. The molecule has 0 aliphatic rings. The van der Waals surface area contributed by atoms with E-state index in [2.05, 4.69) is 36.0 Å². The predicted octanol–water partition coefficient (Wildman–Crippen LogP) is 3.42. The Kier molecular flexibility index (Phi) is 4.34. The molecule has 0 fully saturated rings. The summed E-state index contributed by atoms with van der Waals surface area (Å²) in [6.07, 6.45) is 2.74. The second kappa shape index (κ2) is 5.99. The Labute approximate surface area is 123 Å². The second-order valence-electron chi connectivity index (χ2n) is 3.53. The Bertz CT molecular complexity index is 622. The third-order valence-corrected chi connectivity index (χ3v) is 3.19. The van der Waals surface area contributed by atoms with Gasteiger partial charge in [-0.15, -0.1) is 0 Å². The van der Waals surface area contributed by atoms with Crippen LogP contribution in [0.4, 0.5) is 11.5 Å². The standard InChI is InChI=1S/C12H9BrClN3O2/c1-19-12(18)8-5-15-6-16-11(8)17-10-3-2-7(14)4-9(10)13/h2-6H,1H3,(H,15,16,17). The number of benzene rings is 1. The Morgan fingerprint density at radius 3 is 2.95 bits per heavy atom. The first-order valence-corrected chi connectivity index (χ1v) is 6.39. The minimum Gasteiger partial charge on any atom is -0.465 e. The van der Waals surface area contributed by atoms with Crippen LogP contribution in [0.25, 0.3) is 0 Å². The summed E-state index contributed by atoms with van der Waals surface area (Å²) in [5, 5.41) is 3.63. The molecule has 2 rings (SSSR count). The van der Waals surface area contributed by atoms with E-state index in [9.17, 15) is 4.79 Å². The average Bonchev–Trinajstić information content (AvgIpc) is 2.41. The number of ether oxygens (including phenoxy) is 1. The maximum Gasteiger partial charge on any atom is 0.343 e. The van der Waals surface area contributed by atoms with Crippen LogP contribution >= 0.6 is 27.5 Å². The lowest BCUT2D eigenvalue weighted by molar-refractivity contribution is 0.0601. The van der Waals surface area contributed by atoms with Gasteiger partial charge in [0.15, 0.2) is 0 Å². The fourth-order valence-electron chi connectivity index (χ4n) is 1.41. The number of nitrogens with zero attached hydrogens (tertiary/aromatic N) is 2. The molecule has 5 nitrogen and oxygen atoms in total. The Hall–Kier alpha value is -1.66. The molecule has 0 bridgehead atoms. The molecule has 7 heteroatoms. The number of aromatic nitrogens is 2. The highest BCUT2D eigenvalue weighted by atomic mass is 79.9. The van der Waals surface area contributed by atoms with E-state index < -0.39 is 5.97 Å². The molecular formula is C12H9BrClN3O2. The van der Waals surface area contributed by atoms with E-state index in [0.717, 1.165) is 10.2 Å². The molecule has 0 radical (unpaired) electrons. The summed E-state index contributed by atoms with van der Waals surface area (Å²) >= 11 is 9.24. The van der Waals surface area contributed by atoms with Gasteiger partial charge in [0, 0.05) is 15.7 Å². The van der Waals surface area contributed by atoms with Crippen LogP contribution in [0.3, 0.4) is 0 Å². The molecule has 98 valence electrons. The summed E-state index contributed by atoms with van der Waals surface area (Å²) in [5.74, 6) is -0.141. The van der Waals surface area contributed by atoms with Gasteiger partial charge in [0.25, 0.3) is 0 Å². The summed E-state index contributed by atoms with van der Waals surface area (Å²) in [6.45, 7) is 0. The third kappa shape index (κ3) is 3.21. The van der Waals surface area contributed by atoms with Gasteiger partial charge in [-0.2, -0.15) is 0 Å². The van der Waals surface area contributed by atoms with E-state index in [1.807, 2.05) is 0 Å². The zero-order valence-corrected chi connectivity index (χ0v) is 12.2. The maximum absolute atomic E-state index is 11.6. The number of esters is 1. The largest absolute Gasteiger partial charge is 0.465 e. The number of nitrogens with one attached hydrogen (secondary N) is 1. The van der Waals surface area contributed by atoms with Crippen molar-refractivity contribution in [1.82, 2.24) is 9.97 Å². The maximum atomic E-state index is 11.6. The average molecular weight is 343 g/mol. The van der Waals surface area contributed by atoms with Crippen molar-refractivity contribution in [2.45, 2.75) is 0 Å². The molecule has 1 N–H and O–H groups in total. The highest BCUT2D eigenvalue weighted by Crippen LogP contribution is 2.28. The van der Waals surface area contributed by atoms with Gasteiger partial charge in [-0.3, -0.25) is 0 Å². The van der Waals surface area contributed by atoms with Gasteiger partial charge in [-0.05, 0) is 34.1 Å². The molecule has 0 amide bonds. The highest BCUT2D eigenvalue weighted by molar-refractivity contribution is 9.10. The smallest absolute Gasteiger partial charge is 0.343 e. The fourth-order valence-corrected chi connectivity index (χ4v) is 2.19. The van der Waals surface area contributed by atoms with Gasteiger partial charge in [-0.1, -0.05) is 11.6 Å². The van der Waals surface area contributed by atoms with Gasteiger partial charge >= 0.3 is 5.97 Å². The summed E-state index contributed by atoms with van der Waals surface area (Å²) in [4.78, 5) is 19.4. The van der Waals surface area contributed by atoms with Crippen LogP contribution in [0.15, 0.2) is 35.2 Å². The molecule has 0 spiro atoms. The van der Waals surface area contributed by atoms with Crippen molar-refractivity contribution in [2.24, 2.45) is 0 Å². The van der Waals surface area contributed by atoms with Crippen LogP contribution in [0, 0.1) is 0 Å². The van der Waals surface area contributed by atoms with E-state index in [1.54, 1.807) is 18.2 Å². The summed E-state index contributed by atoms with van der Waals surface area (Å²) in [6, 6.07) is 5.24. The lowest BCUT2D eigenvalue weighted by Gasteiger charge is -2.10. The molecule has 0 aliphatic carbocycles. The van der Waals surface area contributed by atoms with E-state index in [-0.39, 0.29) is 5.56 Å². The highest BCUT2D eigenvalue weighted by Gasteiger charge is 2.14. The van der Waals surface area contributed by atoms with E-state index in [0.29, 0.717) is 10.8 Å². The first-order chi connectivity index (χ1) is 9.11. The lowest BCUT2D eigenvalue weighted by atomic mass is 10.2. The van der Waals surface area contributed by atoms with Gasteiger partial charge in [0.05, 0.1) is 12.8 Å². The van der Waals surface area contributed by atoms with E-state index in [1.165, 1.54) is 19.6 Å². The number of methoxy groups -OCH3 is 1. The van der Waals surface area contributed by atoms with Gasteiger partial charge < -0.3 is 10.1 Å². The quantitative estimate of drug-likeness (QED) is 0.866. The molecule has 1 aromatic carbocycles. The minimum absolute atomic E-state index is 0.256. The van der Waals surface area contributed by atoms with E-state index in [4.69, 9.17) is 11.6 Å². The summed E-state index contributed by atoms with van der Waals surface area (Å²) in [5.41, 5.74) is 0.986. The van der Waals surface area contributed by atoms with E-state index >= 15 is 0 Å². The lowest BCUT2D eigenvalue weighted by Crippen LogP contribution is -2.08. The van der Waals surface area contributed by atoms with Crippen LogP contribution in [-0.4, -0.2) is 23.0 Å². The monoisotopic (exact) mass is 341 g/mol. The minimum atomic E-state index is -0.506. The molecule has 1 heterocycles. The topological polar surface area (TPSA) is 64.1 Å². The second-order valence-corrected chi connectivity index (χ2v) is 4.82. The molecule has 19 heavy (non-hydrogen) atoms. The first-order valence-electron chi connectivity index (χ1n) is 5.22. The molecular weight excluding hydrogens is 334 g/mol. The van der Waals surface area contributed by atoms with Crippen molar-refractivity contribution in [3.05, 3.63) is 45.8 Å². The molecule has 0 saturated carbocycles. The van der Waals surface area contributed by atoms with Crippen LogP contribution in [0.1, 0.15) is 10.4 Å². The third-order valence-electron chi connectivity index (χ3n) is 2.30. The van der Waals surface area contributed by atoms with Crippen LogP contribution in [0.5, 0.6) is 0 Å². The molecule has 2 aromatic rings. The SMILES string of the molecule is COC(=O)c1cncnc1Nc1ccc(Cl)cc1Br. The number of halogens is 2. The summed E-state index contributed by atoms with van der Waals surface area (Å²) < 4.78 is 5.43. The van der Waals surface area contributed by atoms with Crippen LogP contribution in [0.2, 0.25) is 5.02 Å². The molecule has 0 saturated heterocycles. The fraction of sp³-hybridized carbons (Fsp3) is 0.0833. The zero-order chi connectivity index (χ0) is 13.8. The Morgan fingerprint density at radius 1 is 1.47 bits per heavy atom. The number of hydrogen-bond donors (Lipinski definition) is 1. The predicted molar refractivity (Wildman–Crippen MR) is 75.8 cm³/mol. The first kappa shape index (κ1) is 13.8. The van der Waals surface area contributed by atoms with Crippen molar-refractivity contribution in [2.75, 3.05) is 12.4 Å².